The van der Waals surface area contributed by atoms with Gasteiger partial charge in [-0.3, -0.25) is 4.79 Å². The molecule has 0 radical (unpaired) electrons. The molecule has 1 aliphatic carbocycles. The normalized spacial score (nSPS) is 28.1. The lowest BCUT2D eigenvalue weighted by molar-refractivity contribution is -0.142. The second-order valence-electron chi connectivity index (χ2n) is 4.30. The fourth-order valence-corrected chi connectivity index (χ4v) is 2.49. The largest absolute Gasteiger partial charge is 0.480 e. The van der Waals surface area contributed by atoms with E-state index in [9.17, 15) is 9.59 Å². The molecule has 86 valence electrons. The summed E-state index contributed by atoms with van der Waals surface area (Å²) in [6.45, 7) is 2.13. The van der Waals surface area contributed by atoms with E-state index < -0.39 is 12.0 Å². The maximum atomic E-state index is 11.0. The highest BCUT2D eigenvalue weighted by Gasteiger charge is 2.31. The van der Waals surface area contributed by atoms with Crippen molar-refractivity contribution in [1.82, 2.24) is 5.32 Å². The minimum Gasteiger partial charge on any atom is -0.480 e. The van der Waals surface area contributed by atoms with Crippen molar-refractivity contribution < 1.29 is 14.7 Å². The van der Waals surface area contributed by atoms with E-state index in [2.05, 4.69) is 12.2 Å². The van der Waals surface area contributed by atoms with Gasteiger partial charge in [-0.25, -0.2) is 4.79 Å². The Labute approximate surface area is 90.0 Å². The van der Waals surface area contributed by atoms with E-state index in [1.807, 2.05) is 0 Å². The smallest absolute Gasteiger partial charge is 0.326 e. The van der Waals surface area contributed by atoms with Gasteiger partial charge in [-0.15, -0.1) is 0 Å². The van der Waals surface area contributed by atoms with Crippen molar-refractivity contribution in [3.8, 4) is 0 Å². The third-order valence-electron chi connectivity index (χ3n) is 3.39. The summed E-state index contributed by atoms with van der Waals surface area (Å²) >= 11 is 0. The zero-order valence-electron chi connectivity index (χ0n) is 9.11. The van der Waals surface area contributed by atoms with Gasteiger partial charge in [0.25, 0.3) is 0 Å². The topological polar surface area (TPSA) is 66.4 Å². The zero-order chi connectivity index (χ0) is 11.3. The summed E-state index contributed by atoms with van der Waals surface area (Å²) in [5.74, 6) is -0.186. The fourth-order valence-electron chi connectivity index (χ4n) is 2.49. The molecule has 0 aromatic rings. The Balaban J connectivity index is 2.58. The van der Waals surface area contributed by atoms with Crippen molar-refractivity contribution in [2.24, 2.45) is 11.8 Å². The van der Waals surface area contributed by atoms with Gasteiger partial charge in [0.1, 0.15) is 6.04 Å². The molecule has 15 heavy (non-hydrogen) atoms. The van der Waals surface area contributed by atoms with Crippen LogP contribution in [0.25, 0.3) is 0 Å². The second-order valence-corrected chi connectivity index (χ2v) is 4.30. The van der Waals surface area contributed by atoms with E-state index in [-0.39, 0.29) is 5.92 Å². The van der Waals surface area contributed by atoms with E-state index in [4.69, 9.17) is 5.11 Å². The average molecular weight is 213 g/mol. The quantitative estimate of drug-likeness (QED) is 0.678. The molecule has 3 atom stereocenters. The number of nitrogens with one attached hydrogen (secondary N) is 1. The first-order valence-corrected chi connectivity index (χ1v) is 5.61. The first-order chi connectivity index (χ1) is 7.19. The number of carboxylic acid groups (broad SMARTS) is 1. The van der Waals surface area contributed by atoms with Crippen LogP contribution in [-0.4, -0.2) is 23.5 Å². The van der Waals surface area contributed by atoms with Gasteiger partial charge in [0.05, 0.1) is 0 Å². The van der Waals surface area contributed by atoms with Crippen LogP contribution in [0.3, 0.4) is 0 Å². The van der Waals surface area contributed by atoms with Crippen molar-refractivity contribution in [3.63, 3.8) is 0 Å². The van der Waals surface area contributed by atoms with E-state index in [1.54, 1.807) is 0 Å². The van der Waals surface area contributed by atoms with Crippen LogP contribution in [0.5, 0.6) is 0 Å². The molecule has 1 amide bonds. The van der Waals surface area contributed by atoms with E-state index in [1.165, 1.54) is 6.42 Å². The minimum atomic E-state index is -0.913. The minimum absolute atomic E-state index is 0.103. The highest BCUT2D eigenvalue weighted by Crippen LogP contribution is 2.32. The maximum Gasteiger partial charge on any atom is 0.326 e. The van der Waals surface area contributed by atoms with E-state index in [0.29, 0.717) is 12.3 Å². The summed E-state index contributed by atoms with van der Waals surface area (Å²) in [7, 11) is 0. The molecule has 0 aliphatic heterocycles. The van der Waals surface area contributed by atoms with Crippen molar-refractivity contribution >= 4 is 12.4 Å². The van der Waals surface area contributed by atoms with Crippen molar-refractivity contribution in [2.45, 2.75) is 45.1 Å². The maximum absolute atomic E-state index is 11.0. The second kappa shape index (κ2) is 5.73. The van der Waals surface area contributed by atoms with Crippen molar-refractivity contribution in [3.05, 3.63) is 0 Å². The molecule has 0 spiro atoms. The van der Waals surface area contributed by atoms with Gasteiger partial charge < -0.3 is 10.4 Å². The number of amides is 1. The summed E-state index contributed by atoms with van der Waals surface area (Å²) in [5.41, 5.74) is 0. The van der Waals surface area contributed by atoms with Gasteiger partial charge in [0.15, 0.2) is 0 Å². The number of rotatable bonds is 5. The molecule has 4 heteroatoms. The molecule has 0 heterocycles. The lowest BCUT2D eigenvalue weighted by Gasteiger charge is -2.31. The van der Waals surface area contributed by atoms with Crippen LogP contribution >= 0.6 is 0 Å². The first kappa shape index (κ1) is 12.0. The predicted octanol–water partition coefficient (Wildman–Crippen LogP) is 1.40. The van der Waals surface area contributed by atoms with Gasteiger partial charge in [0, 0.05) is 0 Å². The predicted molar refractivity (Wildman–Crippen MR) is 56.4 cm³/mol. The number of carboxylic acids is 1. The van der Waals surface area contributed by atoms with Crippen molar-refractivity contribution in [1.29, 1.82) is 0 Å². The molecule has 1 fully saturated rings. The molecule has 1 saturated carbocycles. The summed E-state index contributed by atoms with van der Waals surface area (Å²) in [6.07, 6.45) is 5.70. The van der Waals surface area contributed by atoms with Crippen LogP contribution in [0.15, 0.2) is 0 Å². The van der Waals surface area contributed by atoms with Crippen LogP contribution < -0.4 is 5.32 Å². The number of hydrogen-bond donors (Lipinski definition) is 2. The third-order valence-corrected chi connectivity index (χ3v) is 3.39. The molecular formula is C11H19NO3. The number of aliphatic carboxylic acids is 1. The monoisotopic (exact) mass is 213 g/mol. The van der Waals surface area contributed by atoms with Crippen LogP contribution in [0.4, 0.5) is 0 Å². The molecule has 2 N–H and O–H groups in total. The van der Waals surface area contributed by atoms with E-state index >= 15 is 0 Å². The Hall–Kier alpha value is -1.06. The van der Waals surface area contributed by atoms with Gasteiger partial charge >= 0.3 is 5.97 Å². The lowest BCUT2D eigenvalue weighted by Crippen LogP contribution is -2.43. The van der Waals surface area contributed by atoms with Crippen LogP contribution in [0.1, 0.15) is 39.0 Å². The Morgan fingerprint density at radius 2 is 2.33 bits per heavy atom. The molecule has 1 aliphatic rings. The fraction of sp³-hybridized carbons (Fsp3) is 0.818. The lowest BCUT2D eigenvalue weighted by atomic mass is 9.77. The number of carbonyl (C=O) groups is 2. The van der Waals surface area contributed by atoms with Crippen molar-refractivity contribution in [2.75, 3.05) is 0 Å². The van der Waals surface area contributed by atoms with Crippen LogP contribution in [0, 0.1) is 11.8 Å². The van der Waals surface area contributed by atoms with Crippen LogP contribution in [-0.2, 0) is 9.59 Å². The molecule has 4 nitrogen and oxygen atoms in total. The summed E-state index contributed by atoms with van der Waals surface area (Å²) < 4.78 is 0. The standard InChI is InChI=1S/C11H19NO3/c1-2-8-4-3-5-9(6-8)10(11(14)15)12-7-13/h7-10H,2-6H2,1H3,(H,12,13)(H,14,15). The summed E-state index contributed by atoms with van der Waals surface area (Å²) in [5, 5.41) is 11.4. The Kier molecular flexibility index (Phi) is 4.59. The van der Waals surface area contributed by atoms with Gasteiger partial charge in [-0.05, 0) is 24.7 Å². The molecule has 0 aromatic heterocycles. The average Bonchev–Trinajstić information content (AvgIpc) is 2.25. The summed E-state index contributed by atoms with van der Waals surface area (Å²) in [4.78, 5) is 21.3. The van der Waals surface area contributed by atoms with Crippen LogP contribution in [0.2, 0.25) is 0 Å². The molecule has 0 saturated heterocycles. The Bertz CT molecular complexity index is 230. The molecule has 3 unspecified atom stereocenters. The van der Waals surface area contributed by atoms with E-state index in [0.717, 1.165) is 25.7 Å². The van der Waals surface area contributed by atoms with Gasteiger partial charge in [0.2, 0.25) is 6.41 Å². The SMILES string of the molecule is CCC1CCCC(C(NC=O)C(=O)O)C1. The first-order valence-electron chi connectivity index (χ1n) is 5.61. The third kappa shape index (κ3) is 3.22. The van der Waals surface area contributed by atoms with Gasteiger partial charge in [-0.2, -0.15) is 0 Å². The molecule has 0 aromatic carbocycles. The molecule has 0 bridgehead atoms. The zero-order valence-corrected chi connectivity index (χ0v) is 9.11. The van der Waals surface area contributed by atoms with Gasteiger partial charge in [-0.1, -0.05) is 26.2 Å². The number of carbonyl (C=O) groups excluding carboxylic acids is 1. The summed E-state index contributed by atoms with van der Waals surface area (Å²) in [6, 6.07) is -0.697. The molecular weight excluding hydrogens is 194 g/mol. The Morgan fingerprint density at radius 3 is 2.87 bits per heavy atom. The molecule has 1 rings (SSSR count). The highest BCUT2D eigenvalue weighted by atomic mass is 16.4. The Morgan fingerprint density at radius 1 is 1.60 bits per heavy atom. The number of hydrogen-bond acceptors (Lipinski definition) is 2. The highest BCUT2D eigenvalue weighted by molar-refractivity contribution is 5.76.